The molecule has 1 atom stereocenters. The predicted octanol–water partition coefficient (Wildman–Crippen LogP) is 2.75. The van der Waals surface area contributed by atoms with Gasteiger partial charge in [0.05, 0.1) is 10.9 Å². The molecule has 0 spiro atoms. The molecule has 1 rings (SSSR count). The lowest BCUT2D eigenvalue weighted by Crippen LogP contribution is -2.46. The van der Waals surface area contributed by atoms with Crippen LogP contribution in [-0.4, -0.2) is 38.4 Å². The Morgan fingerprint density at radius 1 is 1.29 bits per heavy atom. The van der Waals surface area contributed by atoms with Gasteiger partial charge in [0.25, 0.3) is 0 Å². The van der Waals surface area contributed by atoms with Crippen molar-refractivity contribution in [2.45, 2.75) is 31.7 Å². The number of nitrogens with zero attached hydrogens (tertiary/aromatic N) is 1. The van der Waals surface area contributed by atoms with E-state index in [-0.39, 0.29) is 10.8 Å². The first-order valence-electron chi connectivity index (χ1n) is 6.49. The molecular formula is C13H18Br2N2O3S. The van der Waals surface area contributed by atoms with Gasteiger partial charge in [-0.3, -0.25) is 4.79 Å². The van der Waals surface area contributed by atoms with Gasteiger partial charge in [0, 0.05) is 22.0 Å². The summed E-state index contributed by atoms with van der Waals surface area (Å²) in [6.45, 7) is 6.35. The van der Waals surface area contributed by atoms with Gasteiger partial charge < -0.3 is 4.90 Å². The quantitative estimate of drug-likeness (QED) is 0.737. The maximum absolute atomic E-state index is 12.4. The third kappa shape index (κ3) is 4.77. The monoisotopic (exact) mass is 440 g/mol. The minimum atomic E-state index is -3.77. The number of nitrogens with one attached hydrogen (secondary N) is 1. The van der Waals surface area contributed by atoms with Gasteiger partial charge in [-0.1, -0.05) is 15.9 Å². The van der Waals surface area contributed by atoms with Crippen molar-refractivity contribution in [1.29, 1.82) is 0 Å². The first-order chi connectivity index (χ1) is 9.72. The predicted molar refractivity (Wildman–Crippen MR) is 89.6 cm³/mol. The lowest BCUT2D eigenvalue weighted by molar-refractivity contribution is -0.132. The zero-order valence-corrected chi connectivity index (χ0v) is 16.0. The molecule has 0 aliphatic carbocycles. The normalized spacial score (nSPS) is 13.0. The van der Waals surface area contributed by atoms with Crippen LogP contribution in [0, 0.1) is 0 Å². The van der Waals surface area contributed by atoms with E-state index in [0.717, 1.165) is 4.47 Å². The van der Waals surface area contributed by atoms with Crippen LogP contribution in [0.1, 0.15) is 20.8 Å². The van der Waals surface area contributed by atoms with E-state index in [9.17, 15) is 13.2 Å². The zero-order valence-electron chi connectivity index (χ0n) is 12.1. The fourth-order valence-corrected chi connectivity index (χ4v) is 4.79. The van der Waals surface area contributed by atoms with Crippen molar-refractivity contribution in [3.63, 3.8) is 0 Å². The number of likely N-dealkylation sites (N-methyl/N-ethyl adjacent to an activating group) is 1. The van der Waals surface area contributed by atoms with Crippen LogP contribution >= 0.6 is 31.9 Å². The summed E-state index contributed by atoms with van der Waals surface area (Å²) in [5.74, 6) is -0.239. The number of benzene rings is 1. The molecule has 118 valence electrons. The fourth-order valence-electron chi connectivity index (χ4n) is 1.85. The molecule has 8 heteroatoms. The number of carbonyl (C=O) groups is 1. The lowest BCUT2D eigenvalue weighted by atomic mass is 10.3. The molecule has 0 aliphatic heterocycles. The van der Waals surface area contributed by atoms with Crippen LogP contribution in [-0.2, 0) is 14.8 Å². The van der Waals surface area contributed by atoms with Crippen LogP contribution < -0.4 is 4.72 Å². The summed E-state index contributed by atoms with van der Waals surface area (Å²) < 4.78 is 28.3. The van der Waals surface area contributed by atoms with Crippen LogP contribution in [0.25, 0.3) is 0 Å². The van der Waals surface area contributed by atoms with Gasteiger partial charge >= 0.3 is 0 Å². The Labute approximate surface area is 142 Å². The van der Waals surface area contributed by atoms with Crippen molar-refractivity contribution in [1.82, 2.24) is 9.62 Å². The second-order valence-corrected chi connectivity index (χ2v) is 7.88. The SMILES string of the molecule is CCN(CC)C(=O)C(C)NS(=O)(=O)c1ccc(Br)cc1Br. The molecule has 1 aromatic carbocycles. The van der Waals surface area contributed by atoms with Crippen molar-refractivity contribution >= 4 is 47.8 Å². The first-order valence-corrected chi connectivity index (χ1v) is 9.56. The minimum absolute atomic E-state index is 0.102. The van der Waals surface area contributed by atoms with Crippen molar-refractivity contribution in [3.8, 4) is 0 Å². The van der Waals surface area contributed by atoms with Gasteiger partial charge in [0.2, 0.25) is 15.9 Å². The van der Waals surface area contributed by atoms with E-state index in [2.05, 4.69) is 36.6 Å². The molecule has 1 unspecified atom stereocenters. The third-order valence-electron chi connectivity index (χ3n) is 2.96. The van der Waals surface area contributed by atoms with E-state index >= 15 is 0 Å². The highest BCUT2D eigenvalue weighted by Gasteiger charge is 2.26. The summed E-state index contributed by atoms with van der Waals surface area (Å²) in [4.78, 5) is 13.8. The highest BCUT2D eigenvalue weighted by atomic mass is 79.9. The summed E-state index contributed by atoms with van der Waals surface area (Å²) >= 11 is 6.49. The average Bonchev–Trinajstić information content (AvgIpc) is 2.38. The summed E-state index contributed by atoms with van der Waals surface area (Å²) in [5, 5.41) is 0. The summed E-state index contributed by atoms with van der Waals surface area (Å²) in [6, 6.07) is 3.94. The largest absolute Gasteiger partial charge is 0.342 e. The number of carbonyl (C=O) groups excluding carboxylic acids is 1. The van der Waals surface area contributed by atoms with Gasteiger partial charge in [-0.15, -0.1) is 0 Å². The highest BCUT2D eigenvalue weighted by molar-refractivity contribution is 9.11. The molecule has 0 saturated heterocycles. The second kappa shape index (κ2) is 7.71. The summed E-state index contributed by atoms with van der Waals surface area (Å²) in [5.41, 5.74) is 0. The molecule has 0 aliphatic rings. The van der Waals surface area contributed by atoms with Gasteiger partial charge in [0.1, 0.15) is 0 Å². The van der Waals surface area contributed by atoms with Gasteiger partial charge in [-0.05, 0) is 54.9 Å². The maximum Gasteiger partial charge on any atom is 0.242 e. The van der Waals surface area contributed by atoms with Crippen LogP contribution in [0.4, 0.5) is 0 Å². The van der Waals surface area contributed by atoms with Crippen LogP contribution in [0.3, 0.4) is 0 Å². The summed E-state index contributed by atoms with van der Waals surface area (Å²) in [7, 11) is -3.77. The van der Waals surface area contributed by atoms with Crippen molar-refractivity contribution < 1.29 is 13.2 Å². The fraction of sp³-hybridized carbons (Fsp3) is 0.462. The Bertz CT molecular complexity index is 616. The molecule has 0 radical (unpaired) electrons. The molecule has 0 aromatic heterocycles. The molecular weight excluding hydrogens is 424 g/mol. The second-order valence-electron chi connectivity index (χ2n) is 4.43. The lowest BCUT2D eigenvalue weighted by Gasteiger charge is -2.23. The number of amides is 1. The van der Waals surface area contributed by atoms with E-state index < -0.39 is 16.1 Å². The molecule has 1 amide bonds. The third-order valence-corrected chi connectivity index (χ3v) is 5.97. The zero-order chi connectivity index (χ0) is 16.2. The maximum atomic E-state index is 12.4. The van der Waals surface area contributed by atoms with E-state index in [0.29, 0.717) is 17.6 Å². The number of hydrogen-bond donors (Lipinski definition) is 1. The van der Waals surface area contributed by atoms with Gasteiger partial charge in [0.15, 0.2) is 0 Å². The molecule has 1 aromatic rings. The van der Waals surface area contributed by atoms with Crippen molar-refractivity contribution in [2.24, 2.45) is 0 Å². The Kier molecular flexibility index (Phi) is 6.83. The number of halogens is 2. The highest BCUT2D eigenvalue weighted by Crippen LogP contribution is 2.25. The first kappa shape index (κ1) is 18.6. The Morgan fingerprint density at radius 3 is 2.33 bits per heavy atom. The van der Waals surface area contributed by atoms with Gasteiger partial charge in [-0.25, -0.2) is 8.42 Å². The molecule has 0 bridgehead atoms. The average molecular weight is 442 g/mol. The Morgan fingerprint density at radius 2 is 1.86 bits per heavy atom. The standard InChI is InChI=1S/C13H18Br2N2O3S/c1-4-17(5-2)13(18)9(3)16-21(19,20)12-7-6-10(14)8-11(12)15/h6-9,16H,4-5H2,1-3H3. The van der Waals surface area contributed by atoms with Crippen molar-refractivity contribution in [3.05, 3.63) is 27.1 Å². The molecule has 5 nitrogen and oxygen atoms in total. The molecule has 0 heterocycles. The number of rotatable bonds is 6. The number of hydrogen-bond acceptors (Lipinski definition) is 3. The Hall–Kier alpha value is -0.440. The van der Waals surface area contributed by atoms with Gasteiger partial charge in [-0.2, -0.15) is 4.72 Å². The van der Waals surface area contributed by atoms with E-state index in [1.54, 1.807) is 24.0 Å². The van der Waals surface area contributed by atoms with E-state index in [1.807, 2.05) is 13.8 Å². The molecule has 0 fully saturated rings. The van der Waals surface area contributed by atoms with Crippen LogP contribution in [0.5, 0.6) is 0 Å². The summed E-state index contributed by atoms with van der Waals surface area (Å²) in [6.07, 6.45) is 0. The Balaban J connectivity index is 2.97. The van der Waals surface area contributed by atoms with Crippen LogP contribution in [0.15, 0.2) is 32.0 Å². The van der Waals surface area contributed by atoms with Crippen LogP contribution in [0.2, 0.25) is 0 Å². The minimum Gasteiger partial charge on any atom is -0.342 e. The molecule has 21 heavy (non-hydrogen) atoms. The van der Waals surface area contributed by atoms with E-state index in [4.69, 9.17) is 0 Å². The topological polar surface area (TPSA) is 66.5 Å². The molecule has 1 N–H and O–H groups in total. The smallest absolute Gasteiger partial charge is 0.242 e. The number of sulfonamides is 1. The van der Waals surface area contributed by atoms with E-state index in [1.165, 1.54) is 6.07 Å². The molecule has 0 saturated carbocycles. The van der Waals surface area contributed by atoms with Crippen molar-refractivity contribution in [2.75, 3.05) is 13.1 Å².